The summed E-state index contributed by atoms with van der Waals surface area (Å²) in [5.74, 6) is 0.207. The van der Waals surface area contributed by atoms with Gasteiger partial charge in [-0.1, -0.05) is 20.8 Å². The molecule has 0 aromatic heterocycles. The van der Waals surface area contributed by atoms with Crippen LogP contribution in [0.2, 0.25) is 0 Å². The summed E-state index contributed by atoms with van der Waals surface area (Å²) >= 11 is 0. The van der Waals surface area contributed by atoms with E-state index in [-0.39, 0.29) is 11.3 Å². The van der Waals surface area contributed by atoms with Crippen LogP contribution in [0.25, 0.3) is 0 Å². The Balaban J connectivity index is 5.06. The highest BCUT2D eigenvalue weighted by atomic mass is 32.2. The Morgan fingerprint density at radius 2 is 1.50 bits per heavy atom. The lowest BCUT2D eigenvalue weighted by Gasteiger charge is -2.43. The van der Waals surface area contributed by atoms with Crippen molar-refractivity contribution in [3.63, 3.8) is 0 Å². The molecule has 0 aliphatic heterocycles. The van der Waals surface area contributed by atoms with E-state index in [1.807, 2.05) is 0 Å². The van der Waals surface area contributed by atoms with Crippen LogP contribution < -0.4 is 5.73 Å². The van der Waals surface area contributed by atoms with Crippen LogP contribution in [0.15, 0.2) is 0 Å². The summed E-state index contributed by atoms with van der Waals surface area (Å²) < 4.78 is 23.9. The minimum atomic E-state index is -3.08. The summed E-state index contributed by atoms with van der Waals surface area (Å²) in [6, 6.07) is 0. The van der Waals surface area contributed by atoms with E-state index in [0.29, 0.717) is 13.1 Å². The van der Waals surface area contributed by atoms with Gasteiger partial charge in [0, 0.05) is 18.6 Å². The zero-order chi connectivity index (χ0) is 16.0. The Morgan fingerprint density at radius 1 is 1.00 bits per heavy atom. The third-order valence-corrected chi connectivity index (χ3v) is 7.01. The second-order valence-electron chi connectivity index (χ2n) is 6.55. The molecule has 0 unspecified atom stereocenters. The van der Waals surface area contributed by atoms with E-state index in [4.69, 9.17) is 5.73 Å². The Hall–Kier alpha value is -0.130. The van der Waals surface area contributed by atoms with Crippen molar-refractivity contribution in [1.82, 2.24) is 4.90 Å². The Morgan fingerprint density at radius 3 is 1.80 bits per heavy atom. The van der Waals surface area contributed by atoms with Crippen LogP contribution in [-0.2, 0) is 9.84 Å². The molecular formula is C15H34N2O2S. The van der Waals surface area contributed by atoms with E-state index in [2.05, 4.69) is 25.7 Å². The average molecular weight is 307 g/mol. The first-order valence-corrected chi connectivity index (χ1v) is 9.42. The maximum absolute atomic E-state index is 12.3. The molecule has 0 saturated carbocycles. The second-order valence-corrected chi connectivity index (χ2v) is 9.42. The van der Waals surface area contributed by atoms with Gasteiger partial charge in [-0.05, 0) is 46.6 Å². The van der Waals surface area contributed by atoms with Crippen molar-refractivity contribution in [3.8, 4) is 0 Å². The van der Waals surface area contributed by atoms with Gasteiger partial charge in [0.1, 0.15) is 0 Å². The molecule has 0 atom stereocenters. The Labute approximate surface area is 126 Å². The number of rotatable bonds is 9. The zero-order valence-electron chi connectivity index (χ0n) is 14.2. The topological polar surface area (TPSA) is 63.4 Å². The van der Waals surface area contributed by atoms with E-state index in [0.717, 1.165) is 25.8 Å². The third kappa shape index (κ3) is 4.71. The van der Waals surface area contributed by atoms with Crippen molar-refractivity contribution in [3.05, 3.63) is 0 Å². The van der Waals surface area contributed by atoms with Gasteiger partial charge in [0.15, 0.2) is 9.84 Å². The minimum absolute atomic E-state index is 0.0661. The standard InChI is InChI=1S/C15H34N2O2S/c1-7-10-17(15(8-2,9-3)13-16)11-12-20(18,19)14(4,5)6/h7-13,16H2,1-6H3. The van der Waals surface area contributed by atoms with Crippen LogP contribution >= 0.6 is 0 Å². The summed E-state index contributed by atoms with van der Waals surface area (Å²) in [6.45, 7) is 13.7. The molecule has 0 aromatic carbocycles. The SMILES string of the molecule is CCCN(CCS(=O)(=O)C(C)(C)C)C(CC)(CC)CN. The number of nitrogens with two attached hydrogens (primary N) is 1. The number of sulfone groups is 1. The molecular weight excluding hydrogens is 272 g/mol. The molecule has 0 spiro atoms. The molecule has 0 aliphatic carbocycles. The Bertz CT molecular complexity index is 360. The lowest BCUT2D eigenvalue weighted by atomic mass is 9.90. The van der Waals surface area contributed by atoms with E-state index in [9.17, 15) is 8.42 Å². The van der Waals surface area contributed by atoms with Gasteiger partial charge in [0.2, 0.25) is 0 Å². The van der Waals surface area contributed by atoms with Gasteiger partial charge in [-0.25, -0.2) is 8.42 Å². The van der Waals surface area contributed by atoms with E-state index in [1.54, 1.807) is 20.8 Å². The number of hydrogen-bond acceptors (Lipinski definition) is 4. The fraction of sp³-hybridized carbons (Fsp3) is 1.00. The fourth-order valence-electron chi connectivity index (χ4n) is 2.51. The molecule has 0 heterocycles. The van der Waals surface area contributed by atoms with Gasteiger partial charge in [-0.15, -0.1) is 0 Å². The van der Waals surface area contributed by atoms with Crippen molar-refractivity contribution in [2.24, 2.45) is 5.73 Å². The van der Waals surface area contributed by atoms with Crippen LogP contribution in [0.1, 0.15) is 60.8 Å². The molecule has 0 aromatic rings. The van der Waals surface area contributed by atoms with E-state index >= 15 is 0 Å². The Kier molecular flexibility index (Phi) is 7.71. The van der Waals surface area contributed by atoms with Crippen molar-refractivity contribution < 1.29 is 8.42 Å². The van der Waals surface area contributed by atoms with E-state index in [1.165, 1.54) is 0 Å². The van der Waals surface area contributed by atoms with Crippen LogP contribution in [0, 0.1) is 0 Å². The predicted molar refractivity (Wildman–Crippen MR) is 87.8 cm³/mol. The smallest absolute Gasteiger partial charge is 0.156 e. The first kappa shape index (κ1) is 19.9. The number of hydrogen-bond donors (Lipinski definition) is 1. The highest BCUT2D eigenvalue weighted by Gasteiger charge is 2.34. The van der Waals surface area contributed by atoms with E-state index < -0.39 is 14.6 Å². The first-order chi connectivity index (χ1) is 9.10. The molecule has 20 heavy (non-hydrogen) atoms. The molecule has 0 bridgehead atoms. The van der Waals surface area contributed by atoms with Crippen molar-refractivity contribution >= 4 is 9.84 Å². The van der Waals surface area contributed by atoms with Crippen LogP contribution in [-0.4, -0.2) is 49.0 Å². The van der Waals surface area contributed by atoms with Gasteiger partial charge in [0.25, 0.3) is 0 Å². The maximum atomic E-state index is 12.3. The van der Waals surface area contributed by atoms with Gasteiger partial charge >= 0.3 is 0 Å². The molecule has 122 valence electrons. The zero-order valence-corrected chi connectivity index (χ0v) is 15.0. The third-order valence-electron chi connectivity index (χ3n) is 4.42. The van der Waals surface area contributed by atoms with Gasteiger partial charge in [0.05, 0.1) is 10.5 Å². The summed E-state index contributed by atoms with van der Waals surface area (Å²) in [6.07, 6.45) is 2.92. The second kappa shape index (κ2) is 7.76. The lowest BCUT2D eigenvalue weighted by Crippen LogP contribution is -2.55. The molecule has 5 heteroatoms. The average Bonchev–Trinajstić information content (AvgIpc) is 2.37. The quantitative estimate of drug-likeness (QED) is 0.710. The number of nitrogens with zero attached hydrogens (tertiary/aromatic N) is 1. The molecule has 2 N–H and O–H groups in total. The van der Waals surface area contributed by atoms with Gasteiger partial charge < -0.3 is 5.73 Å². The largest absolute Gasteiger partial charge is 0.329 e. The predicted octanol–water partition coefficient (Wildman–Crippen LogP) is 2.43. The molecule has 4 nitrogen and oxygen atoms in total. The molecule has 0 aliphatic rings. The summed E-state index contributed by atoms with van der Waals surface area (Å²) in [7, 11) is -3.08. The van der Waals surface area contributed by atoms with Crippen LogP contribution in [0.5, 0.6) is 0 Å². The highest BCUT2D eigenvalue weighted by Crippen LogP contribution is 2.24. The summed E-state index contributed by atoms with van der Waals surface area (Å²) in [5.41, 5.74) is 5.93. The molecule has 0 saturated heterocycles. The lowest BCUT2D eigenvalue weighted by molar-refractivity contribution is 0.0916. The van der Waals surface area contributed by atoms with Crippen molar-refractivity contribution in [2.45, 2.75) is 71.1 Å². The molecule has 0 radical (unpaired) electrons. The van der Waals surface area contributed by atoms with Gasteiger partial charge in [-0.3, -0.25) is 4.90 Å². The van der Waals surface area contributed by atoms with Gasteiger partial charge in [-0.2, -0.15) is 0 Å². The summed E-state index contributed by atoms with van der Waals surface area (Å²) in [4.78, 5) is 2.29. The monoisotopic (exact) mass is 306 g/mol. The van der Waals surface area contributed by atoms with Crippen molar-refractivity contribution in [1.29, 1.82) is 0 Å². The minimum Gasteiger partial charge on any atom is -0.329 e. The van der Waals surface area contributed by atoms with Crippen LogP contribution in [0.4, 0.5) is 0 Å². The normalized spacial score (nSPS) is 14.0. The summed E-state index contributed by atoms with van der Waals surface area (Å²) in [5, 5.41) is 0. The highest BCUT2D eigenvalue weighted by molar-refractivity contribution is 7.92. The van der Waals surface area contributed by atoms with Crippen LogP contribution in [0.3, 0.4) is 0 Å². The molecule has 0 rings (SSSR count). The molecule has 0 amide bonds. The first-order valence-electron chi connectivity index (χ1n) is 7.77. The maximum Gasteiger partial charge on any atom is 0.156 e. The fourth-order valence-corrected chi connectivity index (χ4v) is 3.58. The van der Waals surface area contributed by atoms with Crippen molar-refractivity contribution in [2.75, 3.05) is 25.4 Å². The molecule has 0 fully saturated rings.